The van der Waals surface area contributed by atoms with Crippen molar-refractivity contribution in [1.82, 2.24) is 14.9 Å². The quantitative estimate of drug-likeness (QED) is 0.780. The highest BCUT2D eigenvalue weighted by Crippen LogP contribution is 2.14. The molecule has 4 nitrogen and oxygen atoms in total. The Morgan fingerprint density at radius 2 is 1.91 bits per heavy atom. The fourth-order valence-electron chi connectivity index (χ4n) is 2.27. The number of benzene rings is 2. The Morgan fingerprint density at radius 1 is 1.13 bits per heavy atom. The molecule has 0 atom stereocenters. The van der Waals surface area contributed by atoms with Crippen LogP contribution in [0.1, 0.15) is 21.5 Å². The third kappa shape index (κ3) is 3.99. The van der Waals surface area contributed by atoms with Gasteiger partial charge in [0.05, 0.1) is 6.33 Å². The lowest BCUT2D eigenvalue weighted by atomic mass is 10.1. The van der Waals surface area contributed by atoms with Crippen LogP contribution in [0.2, 0.25) is 5.02 Å². The van der Waals surface area contributed by atoms with E-state index in [2.05, 4.69) is 10.3 Å². The second-order valence-corrected chi connectivity index (χ2v) is 5.61. The molecule has 1 amide bonds. The fraction of sp³-hybridized carbons (Fsp3) is 0.111. The van der Waals surface area contributed by atoms with Crippen molar-refractivity contribution in [2.75, 3.05) is 0 Å². The van der Waals surface area contributed by atoms with Gasteiger partial charge in [0.1, 0.15) is 0 Å². The maximum Gasteiger partial charge on any atom is 0.251 e. The molecule has 0 radical (unpaired) electrons. The molecule has 116 valence electrons. The summed E-state index contributed by atoms with van der Waals surface area (Å²) in [5, 5.41) is 3.54. The summed E-state index contributed by atoms with van der Waals surface area (Å²) in [6, 6.07) is 15.0. The van der Waals surface area contributed by atoms with Crippen LogP contribution in [0.4, 0.5) is 0 Å². The van der Waals surface area contributed by atoms with Crippen molar-refractivity contribution in [3.05, 3.63) is 89.0 Å². The van der Waals surface area contributed by atoms with Crippen LogP contribution in [-0.4, -0.2) is 15.5 Å². The third-order valence-electron chi connectivity index (χ3n) is 3.54. The van der Waals surface area contributed by atoms with E-state index in [-0.39, 0.29) is 5.91 Å². The van der Waals surface area contributed by atoms with E-state index >= 15 is 0 Å². The van der Waals surface area contributed by atoms with E-state index < -0.39 is 0 Å². The minimum Gasteiger partial charge on any atom is -0.348 e. The van der Waals surface area contributed by atoms with E-state index in [1.54, 1.807) is 12.5 Å². The number of amides is 1. The van der Waals surface area contributed by atoms with Gasteiger partial charge >= 0.3 is 0 Å². The number of nitrogens with one attached hydrogen (secondary N) is 1. The molecule has 0 saturated heterocycles. The van der Waals surface area contributed by atoms with Crippen molar-refractivity contribution in [1.29, 1.82) is 0 Å². The molecule has 1 aromatic heterocycles. The van der Waals surface area contributed by atoms with Crippen LogP contribution in [-0.2, 0) is 13.1 Å². The molecular weight excluding hydrogens is 310 g/mol. The lowest BCUT2D eigenvalue weighted by Crippen LogP contribution is -2.22. The van der Waals surface area contributed by atoms with Gasteiger partial charge in [0, 0.05) is 36.1 Å². The first kappa shape index (κ1) is 15.3. The van der Waals surface area contributed by atoms with Crippen LogP contribution >= 0.6 is 11.6 Å². The molecule has 0 unspecified atom stereocenters. The Balaban J connectivity index is 1.60. The summed E-state index contributed by atoms with van der Waals surface area (Å²) >= 11 is 6.08. The average Bonchev–Trinajstić information content (AvgIpc) is 3.07. The van der Waals surface area contributed by atoms with Gasteiger partial charge in [0.15, 0.2) is 0 Å². The largest absolute Gasteiger partial charge is 0.348 e. The standard InChI is InChI=1S/C18H16ClN3O/c19-17-4-2-1-3-16(17)11-21-18(23)15-7-5-14(6-8-15)12-22-10-9-20-13-22/h1-10,13H,11-12H2,(H,21,23). The van der Waals surface area contributed by atoms with E-state index in [9.17, 15) is 4.79 Å². The Labute approximate surface area is 139 Å². The molecule has 2 aromatic carbocycles. The van der Waals surface area contributed by atoms with E-state index in [1.807, 2.05) is 59.3 Å². The Kier molecular flexibility index (Phi) is 4.74. The van der Waals surface area contributed by atoms with E-state index in [1.165, 1.54) is 0 Å². The molecule has 1 N–H and O–H groups in total. The molecule has 23 heavy (non-hydrogen) atoms. The lowest BCUT2D eigenvalue weighted by molar-refractivity contribution is 0.0951. The number of nitrogens with zero attached hydrogens (tertiary/aromatic N) is 2. The zero-order valence-electron chi connectivity index (χ0n) is 12.4. The molecule has 0 aliphatic carbocycles. The van der Waals surface area contributed by atoms with Gasteiger partial charge in [-0.15, -0.1) is 0 Å². The highest BCUT2D eigenvalue weighted by Gasteiger charge is 2.06. The number of aromatic nitrogens is 2. The van der Waals surface area contributed by atoms with Crippen LogP contribution in [0.15, 0.2) is 67.3 Å². The number of rotatable bonds is 5. The van der Waals surface area contributed by atoms with Crippen LogP contribution in [0.25, 0.3) is 0 Å². The topological polar surface area (TPSA) is 46.9 Å². The summed E-state index contributed by atoms with van der Waals surface area (Å²) in [5.41, 5.74) is 2.65. The van der Waals surface area contributed by atoms with Gasteiger partial charge in [0.25, 0.3) is 5.91 Å². The van der Waals surface area contributed by atoms with Gasteiger partial charge in [-0.2, -0.15) is 0 Å². The van der Waals surface area contributed by atoms with Crippen molar-refractivity contribution in [3.8, 4) is 0 Å². The molecule has 3 aromatic rings. The Hall–Kier alpha value is -2.59. The van der Waals surface area contributed by atoms with Crippen molar-refractivity contribution in [2.45, 2.75) is 13.1 Å². The van der Waals surface area contributed by atoms with Crippen LogP contribution in [0.3, 0.4) is 0 Å². The summed E-state index contributed by atoms with van der Waals surface area (Å²) in [7, 11) is 0. The predicted octanol–water partition coefficient (Wildman–Crippen LogP) is 3.51. The fourth-order valence-corrected chi connectivity index (χ4v) is 2.47. The molecular formula is C18H16ClN3O. The highest BCUT2D eigenvalue weighted by atomic mass is 35.5. The zero-order chi connectivity index (χ0) is 16.1. The number of imidazole rings is 1. The number of halogens is 1. The molecule has 0 aliphatic rings. The first-order valence-electron chi connectivity index (χ1n) is 7.28. The average molecular weight is 326 g/mol. The maximum absolute atomic E-state index is 12.2. The monoisotopic (exact) mass is 325 g/mol. The van der Waals surface area contributed by atoms with E-state index in [4.69, 9.17) is 11.6 Å². The molecule has 5 heteroatoms. The summed E-state index contributed by atoms with van der Waals surface area (Å²) in [6.45, 7) is 1.15. The van der Waals surface area contributed by atoms with E-state index in [0.29, 0.717) is 17.1 Å². The third-order valence-corrected chi connectivity index (χ3v) is 3.91. The predicted molar refractivity (Wildman–Crippen MR) is 90.4 cm³/mol. The maximum atomic E-state index is 12.2. The second kappa shape index (κ2) is 7.11. The van der Waals surface area contributed by atoms with Crippen molar-refractivity contribution < 1.29 is 4.79 Å². The summed E-state index contributed by atoms with van der Waals surface area (Å²) in [4.78, 5) is 16.2. The number of hydrogen-bond donors (Lipinski definition) is 1. The van der Waals surface area contributed by atoms with Crippen molar-refractivity contribution in [2.24, 2.45) is 0 Å². The number of carbonyl (C=O) groups excluding carboxylic acids is 1. The van der Waals surface area contributed by atoms with Crippen molar-refractivity contribution >= 4 is 17.5 Å². The minimum atomic E-state index is -0.112. The van der Waals surface area contributed by atoms with Gasteiger partial charge < -0.3 is 9.88 Å². The Bertz CT molecular complexity index is 782. The molecule has 0 aliphatic heterocycles. The summed E-state index contributed by atoms with van der Waals surface area (Å²) in [6.07, 6.45) is 5.42. The summed E-state index contributed by atoms with van der Waals surface area (Å²) < 4.78 is 1.98. The molecule has 0 spiro atoms. The Morgan fingerprint density at radius 3 is 2.61 bits per heavy atom. The molecule has 0 bridgehead atoms. The van der Waals surface area contributed by atoms with Crippen LogP contribution in [0.5, 0.6) is 0 Å². The van der Waals surface area contributed by atoms with Gasteiger partial charge in [-0.3, -0.25) is 4.79 Å². The first-order chi connectivity index (χ1) is 11.2. The van der Waals surface area contributed by atoms with E-state index in [0.717, 1.165) is 17.7 Å². The van der Waals surface area contributed by atoms with Crippen LogP contribution in [0, 0.1) is 0 Å². The smallest absolute Gasteiger partial charge is 0.251 e. The molecule has 1 heterocycles. The molecule has 0 saturated carbocycles. The SMILES string of the molecule is O=C(NCc1ccccc1Cl)c1ccc(Cn2ccnc2)cc1. The second-order valence-electron chi connectivity index (χ2n) is 5.21. The first-order valence-corrected chi connectivity index (χ1v) is 7.66. The van der Waals surface area contributed by atoms with Gasteiger partial charge in [-0.05, 0) is 29.3 Å². The number of hydrogen-bond acceptors (Lipinski definition) is 2. The zero-order valence-corrected chi connectivity index (χ0v) is 13.2. The normalized spacial score (nSPS) is 10.5. The van der Waals surface area contributed by atoms with Crippen LogP contribution < -0.4 is 5.32 Å². The minimum absolute atomic E-state index is 0.112. The molecule has 0 fully saturated rings. The number of carbonyl (C=O) groups is 1. The summed E-state index contributed by atoms with van der Waals surface area (Å²) in [5.74, 6) is -0.112. The van der Waals surface area contributed by atoms with Gasteiger partial charge in [-0.25, -0.2) is 4.98 Å². The van der Waals surface area contributed by atoms with Crippen molar-refractivity contribution in [3.63, 3.8) is 0 Å². The highest BCUT2D eigenvalue weighted by molar-refractivity contribution is 6.31. The van der Waals surface area contributed by atoms with Gasteiger partial charge in [-0.1, -0.05) is 41.9 Å². The molecule has 3 rings (SSSR count). The van der Waals surface area contributed by atoms with Gasteiger partial charge in [0.2, 0.25) is 0 Å². The lowest BCUT2D eigenvalue weighted by Gasteiger charge is -2.08.